The van der Waals surface area contributed by atoms with Crippen LogP contribution in [0.3, 0.4) is 0 Å². The van der Waals surface area contributed by atoms with Gasteiger partial charge in [-0.15, -0.1) is 0 Å². The van der Waals surface area contributed by atoms with E-state index in [1.165, 1.54) is 13.8 Å². The van der Waals surface area contributed by atoms with E-state index in [4.69, 9.17) is 4.74 Å². The molecule has 0 unspecified atom stereocenters. The lowest BCUT2D eigenvalue weighted by molar-refractivity contribution is -0.181. The van der Waals surface area contributed by atoms with Gasteiger partial charge in [-0.25, -0.2) is 0 Å². The van der Waals surface area contributed by atoms with Crippen LogP contribution < -0.4 is 0 Å². The zero-order chi connectivity index (χ0) is 20.5. The van der Waals surface area contributed by atoms with Crippen LogP contribution in [0.2, 0.25) is 0 Å². The summed E-state index contributed by atoms with van der Waals surface area (Å²) in [5.74, 6) is 0.722. The molecule has 156 valence electrons. The van der Waals surface area contributed by atoms with E-state index in [-0.39, 0.29) is 46.8 Å². The highest BCUT2D eigenvalue weighted by Gasteiger charge is 2.68. The van der Waals surface area contributed by atoms with E-state index in [0.717, 1.165) is 38.5 Å². The molecule has 4 saturated carbocycles. The molecule has 5 heteroatoms. The van der Waals surface area contributed by atoms with Crippen LogP contribution in [0, 0.1) is 34.5 Å². The quantitative estimate of drug-likeness (QED) is 0.730. The molecule has 0 aromatic rings. The minimum absolute atomic E-state index is 0.0110. The summed E-state index contributed by atoms with van der Waals surface area (Å²) in [5, 5.41) is 11.2. The van der Waals surface area contributed by atoms with Gasteiger partial charge in [0.15, 0.2) is 5.78 Å². The van der Waals surface area contributed by atoms with Gasteiger partial charge in [0.2, 0.25) is 0 Å². The molecule has 28 heavy (non-hydrogen) atoms. The second-order valence-corrected chi connectivity index (χ2v) is 10.5. The van der Waals surface area contributed by atoms with Crippen LogP contribution >= 0.6 is 0 Å². The number of carbonyl (C=O) groups excluding carboxylic acids is 3. The van der Waals surface area contributed by atoms with Crippen molar-refractivity contribution < 1.29 is 24.2 Å². The van der Waals surface area contributed by atoms with Crippen molar-refractivity contribution in [1.82, 2.24) is 0 Å². The molecule has 1 N–H and O–H groups in total. The standard InChI is InChI=1S/C23H34O5/c1-13(24)23(27)10-8-18-17-6-5-15-11-16(28-14(2)25)7-9-21(15,3)20(17)19(26)12-22(18,23)4/h15-18,20,27H,5-12H2,1-4H3/t15-,16+,17-,18+,20-,21-,22+,23-/m0/s1. The number of hydrogen-bond acceptors (Lipinski definition) is 5. The summed E-state index contributed by atoms with van der Waals surface area (Å²) in [5.41, 5.74) is -2.05. The van der Waals surface area contributed by atoms with Gasteiger partial charge in [0.05, 0.1) is 0 Å². The Morgan fingerprint density at radius 1 is 1.07 bits per heavy atom. The van der Waals surface area contributed by atoms with Crippen LogP contribution in [-0.2, 0) is 19.1 Å². The third kappa shape index (κ3) is 2.57. The zero-order valence-corrected chi connectivity index (χ0v) is 17.6. The second-order valence-electron chi connectivity index (χ2n) is 10.5. The average molecular weight is 391 g/mol. The van der Waals surface area contributed by atoms with Crippen LogP contribution in [0.5, 0.6) is 0 Å². The van der Waals surface area contributed by atoms with Gasteiger partial charge in [0, 0.05) is 24.7 Å². The minimum Gasteiger partial charge on any atom is -0.463 e. The topological polar surface area (TPSA) is 80.7 Å². The molecule has 0 heterocycles. The number of rotatable bonds is 2. The maximum Gasteiger partial charge on any atom is 0.302 e. The number of fused-ring (bicyclic) bond motifs is 5. The molecule has 4 rings (SSSR count). The summed E-state index contributed by atoms with van der Waals surface area (Å²) in [7, 11) is 0. The summed E-state index contributed by atoms with van der Waals surface area (Å²) < 4.78 is 5.49. The molecule has 0 bridgehead atoms. The fourth-order valence-electron chi connectivity index (χ4n) is 7.96. The Labute approximate surface area is 167 Å². The molecule has 0 aromatic carbocycles. The highest BCUT2D eigenvalue weighted by atomic mass is 16.5. The van der Waals surface area contributed by atoms with Crippen molar-refractivity contribution in [2.24, 2.45) is 34.5 Å². The molecule has 4 fully saturated rings. The van der Waals surface area contributed by atoms with Crippen molar-refractivity contribution in [3.63, 3.8) is 0 Å². The van der Waals surface area contributed by atoms with Gasteiger partial charge in [0.25, 0.3) is 0 Å². The lowest BCUT2D eigenvalue weighted by atomic mass is 9.44. The highest BCUT2D eigenvalue weighted by molar-refractivity contribution is 5.90. The molecule has 8 atom stereocenters. The Kier molecular flexibility index (Phi) is 4.57. The third-order valence-corrected chi connectivity index (χ3v) is 9.37. The molecule has 0 radical (unpaired) electrons. The van der Waals surface area contributed by atoms with Crippen LogP contribution in [-0.4, -0.2) is 34.3 Å². The maximum absolute atomic E-state index is 13.5. The second kappa shape index (κ2) is 6.38. The predicted molar refractivity (Wildman–Crippen MR) is 103 cm³/mol. The molecule has 5 nitrogen and oxygen atoms in total. The molecule has 0 spiro atoms. The number of ether oxygens (including phenoxy) is 1. The van der Waals surface area contributed by atoms with Gasteiger partial charge in [-0.3, -0.25) is 14.4 Å². The molecule has 0 aliphatic heterocycles. The van der Waals surface area contributed by atoms with E-state index >= 15 is 0 Å². The van der Waals surface area contributed by atoms with Gasteiger partial charge in [-0.2, -0.15) is 0 Å². The Morgan fingerprint density at radius 3 is 2.43 bits per heavy atom. The third-order valence-electron chi connectivity index (χ3n) is 9.37. The molecule has 0 aromatic heterocycles. The molecule has 0 amide bonds. The highest BCUT2D eigenvalue weighted by Crippen LogP contribution is 2.67. The Hall–Kier alpha value is -1.23. The fourth-order valence-corrected chi connectivity index (χ4v) is 7.96. The van der Waals surface area contributed by atoms with Crippen molar-refractivity contribution in [1.29, 1.82) is 0 Å². The van der Waals surface area contributed by atoms with Crippen molar-refractivity contribution in [3.8, 4) is 0 Å². The van der Waals surface area contributed by atoms with Gasteiger partial charge in [-0.05, 0) is 75.0 Å². The summed E-state index contributed by atoms with van der Waals surface area (Å²) >= 11 is 0. The number of ketones is 2. The normalized spacial score (nSPS) is 50.3. The lowest BCUT2D eigenvalue weighted by Gasteiger charge is -2.60. The van der Waals surface area contributed by atoms with E-state index in [9.17, 15) is 19.5 Å². The van der Waals surface area contributed by atoms with E-state index in [2.05, 4.69) is 6.92 Å². The number of carbonyl (C=O) groups is 3. The Morgan fingerprint density at radius 2 is 1.79 bits per heavy atom. The average Bonchev–Trinajstić information content (AvgIpc) is 2.86. The van der Waals surface area contributed by atoms with E-state index in [1.54, 1.807) is 0 Å². The van der Waals surface area contributed by atoms with Crippen molar-refractivity contribution in [2.45, 2.75) is 90.8 Å². The first-order valence-electron chi connectivity index (χ1n) is 11.0. The summed E-state index contributed by atoms with van der Waals surface area (Å²) in [6.45, 7) is 7.18. The first kappa shape index (κ1) is 20.1. The van der Waals surface area contributed by atoms with E-state index in [0.29, 0.717) is 18.8 Å². The van der Waals surface area contributed by atoms with Gasteiger partial charge in [0.1, 0.15) is 17.5 Å². The van der Waals surface area contributed by atoms with Gasteiger partial charge < -0.3 is 9.84 Å². The van der Waals surface area contributed by atoms with Gasteiger partial charge in [-0.1, -0.05) is 13.8 Å². The fraction of sp³-hybridized carbons (Fsp3) is 0.870. The smallest absolute Gasteiger partial charge is 0.302 e. The summed E-state index contributed by atoms with van der Waals surface area (Å²) in [6, 6.07) is 0. The maximum atomic E-state index is 13.5. The molecule has 4 aliphatic carbocycles. The predicted octanol–water partition coefficient (Wildman–Crippen LogP) is 3.46. The number of Topliss-reactive ketones (excluding diaryl/α,β-unsaturated/α-hetero) is 2. The van der Waals surface area contributed by atoms with Crippen molar-refractivity contribution in [2.75, 3.05) is 0 Å². The van der Waals surface area contributed by atoms with Crippen molar-refractivity contribution in [3.05, 3.63) is 0 Å². The molecular formula is C23H34O5. The van der Waals surface area contributed by atoms with E-state index in [1.807, 2.05) is 6.92 Å². The molecular weight excluding hydrogens is 356 g/mol. The minimum atomic E-state index is -1.36. The van der Waals surface area contributed by atoms with Crippen LogP contribution in [0.25, 0.3) is 0 Å². The van der Waals surface area contributed by atoms with Crippen LogP contribution in [0.4, 0.5) is 0 Å². The number of hydrogen-bond donors (Lipinski definition) is 1. The van der Waals surface area contributed by atoms with Crippen molar-refractivity contribution >= 4 is 17.5 Å². The SMILES string of the molecule is CC(=O)O[C@@H]1CC[C@@]2(C)[C@@H](CC[C@@H]3[C@H]2C(=O)C[C@]2(C)[C@@H]3CC[C@]2(O)C(C)=O)C1. The largest absolute Gasteiger partial charge is 0.463 e. The lowest BCUT2D eigenvalue weighted by Crippen LogP contribution is -2.61. The Balaban J connectivity index is 1.63. The van der Waals surface area contributed by atoms with Gasteiger partial charge >= 0.3 is 5.97 Å². The van der Waals surface area contributed by atoms with E-state index < -0.39 is 11.0 Å². The number of esters is 1. The van der Waals surface area contributed by atoms with Crippen LogP contribution in [0.1, 0.15) is 79.1 Å². The zero-order valence-electron chi connectivity index (χ0n) is 17.6. The Bertz CT molecular complexity index is 716. The first-order chi connectivity index (χ1) is 13.0. The monoisotopic (exact) mass is 390 g/mol. The first-order valence-corrected chi connectivity index (χ1v) is 11.0. The number of aliphatic hydroxyl groups is 1. The van der Waals surface area contributed by atoms with Crippen LogP contribution in [0.15, 0.2) is 0 Å². The summed E-state index contributed by atoms with van der Waals surface area (Å²) in [4.78, 5) is 37.2. The molecule has 0 saturated heterocycles. The molecule has 4 aliphatic rings. The summed E-state index contributed by atoms with van der Waals surface area (Å²) in [6.07, 6.45) is 6.19.